The van der Waals surface area contributed by atoms with Crippen molar-refractivity contribution in [1.29, 1.82) is 0 Å². The van der Waals surface area contributed by atoms with Crippen LogP contribution in [0.25, 0.3) is 11.0 Å². The molecule has 2 nitrogen and oxygen atoms in total. The molecule has 0 saturated heterocycles. The van der Waals surface area contributed by atoms with Crippen molar-refractivity contribution in [2.75, 3.05) is 0 Å². The Labute approximate surface area is 118 Å². The molecule has 2 heteroatoms. The fourth-order valence-electron chi connectivity index (χ4n) is 2.66. The Hall–Kier alpha value is -2.06. The summed E-state index contributed by atoms with van der Waals surface area (Å²) in [5, 5.41) is 11.7. The number of fused-ring (bicyclic) bond motifs is 1. The molecule has 102 valence electrons. The van der Waals surface area contributed by atoms with Gasteiger partial charge in [0.15, 0.2) is 0 Å². The Kier molecular flexibility index (Phi) is 3.11. The minimum absolute atomic E-state index is 0.655. The van der Waals surface area contributed by atoms with Gasteiger partial charge < -0.3 is 9.52 Å². The van der Waals surface area contributed by atoms with E-state index in [9.17, 15) is 5.11 Å². The lowest BCUT2D eigenvalue weighted by Crippen LogP contribution is -2.02. The SMILES string of the molecule is Cc1cc(C)c(C(O)c2coc3ccccc23)cc1C. The van der Waals surface area contributed by atoms with Crippen LogP contribution in [0, 0.1) is 20.8 Å². The summed E-state index contributed by atoms with van der Waals surface area (Å²) < 4.78 is 5.53. The molecule has 0 amide bonds. The van der Waals surface area contributed by atoms with Crippen LogP contribution in [-0.2, 0) is 0 Å². The first-order valence-electron chi connectivity index (χ1n) is 6.80. The van der Waals surface area contributed by atoms with Crippen LogP contribution < -0.4 is 0 Å². The first-order chi connectivity index (χ1) is 9.58. The van der Waals surface area contributed by atoms with Gasteiger partial charge in [-0.2, -0.15) is 0 Å². The van der Waals surface area contributed by atoms with Gasteiger partial charge in [0.1, 0.15) is 11.7 Å². The van der Waals surface area contributed by atoms with Crippen LogP contribution in [0.4, 0.5) is 0 Å². The van der Waals surface area contributed by atoms with Crippen LogP contribution >= 0.6 is 0 Å². The lowest BCUT2D eigenvalue weighted by Gasteiger charge is -2.15. The van der Waals surface area contributed by atoms with E-state index in [2.05, 4.69) is 26.0 Å². The van der Waals surface area contributed by atoms with Gasteiger partial charge in [0.25, 0.3) is 0 Å². The van der Waals surface area contributed by atoms with Crippen molar-refractivity contribution in [2.45, 2.75) is 26.9 Å². The van der Waals surface area contributed by atoms with Crippen molar-refractivity contribution >= 4 is 11.0 Å². The monoisotopic (exact) mass is 266 g/mol. The highest BCUT2D eigenvalue weighted by Gasteiger charge is 2.18. The first-order valence-corrected chi connectivity index (χ1v) is 6.80. The normalized spacial score (nSPS) is 12.8. The Morgan fingerprint density at radius 1 is 0.900 bits per heavy atom. The van der Waals surface area contributed by atoms with E-state index in [0.717, 1.165) is 27.7 Å². The summed E-state index contributed by atoms with van der Waals surface area (Å²) in [7, 11) is 0. The summed E-state index contributed by atoms with van der Waals surface area (Å²) in [5.74, 6) is 0. The Morgan fingerprint density at radius 2 is 1.60 bits per heavy atom. The molecule has 3 rings (SSSR count). The van der Waals surface area contributed by atoms with Gasteiger partial charge in [-0.05, 0) is 49.1 Å². The lowest BCUT2D eigenvalue weighted by molar-refractivity contribution is 0.219. The molecular weight excluding hydrogens is 248 g/mol. The summed E-state index contributed by atoms with van der Waals surface area (Å²) in [5.41, 5.74) is 6.12. The number of benzene rings is 2. The number of aliphatic hydroxyl groups excluding tert-OH is 1. The highest BCUT2D eigenvalue weighted by molar-refractivity contribution is 5.81. The molecule has 0 fully saturated rings. The first kappa shape index (κ1) is 12.9. The van der Waals surface area contributed by atoms with Crippen molar-refractivity contribution in [2.24, 2.45) is 0 Å². The van der Waals surface area contributed by atoms with E-state index in [4.69, 9.17) is 4.42 Å². The maximum absolute atomic E-state index is 10.7. The second kappa shape index (κ2) is 4.80. The minimum atomic E-state index is -0.655. The highest BCUT2D eigenvalue weighted by Crippen LogP contribution is 2.32. The number of hydrogen-bond donors (Lipinski definition) is 1. The average Bonchev–Trinajstić information content (AvgIpc) is 2.86. The van der Waals surface area contributed by atoms with Crippen molar-refractivity contribution in [1.82, 2.24) is 0 Å². The quantitative estimate of drug-likeness (QED) is 0.744. The Bertz CT molecular complexity index is 768. The van der Waals surface area contributed by atoms with E-state index in [0.29, 0.717) is 0 Å². The molecule has 1 atom stereocenters. The fraction of sp³-hybridized carbons (Fsp3) is 0.222. The largest absolute Gasteiger partial charge is 0.464 e. The molecule has 1 N–H and O–H groups in total. The number of para-hydroxylation sites is 1. The topological polar surface area (TPSA) is 33.4 Å². The molecule has 3 aromatic rings. The third kappa shape index (κ3) is 2.02. The maximum atomic E-state index is 10.7. The number of hydrogen-bond acceptors (Lipinski definition) is 2. The number of rotatable bonds is 2. The molecule has 0 saturated carbocycles. The van der Waals surface area contributed by atoms with Gasteiger partial charge in [-0.25, -0.2) is 0 Å². The number of aliphatic hydroxyl groups is 1. The molecule has 1 aromatic heterocycles. The lowest BCUT2D eigenvalue weighted by atomic mass is 9.93. The number of aryl methyl sites for hydroxylation is 3. The smallest absolute Gasteiger partial charge is 0.134 e. The van der Waals surface area contributed by atoms with Crippen LogP contribution in [0.1, 0.15) is 33.9 Å². The van der Waals surface area contributed by atoms with Gasteiger partial charge in [-0.3, -0.25) is 0 Å². The summed E-state index contributed by atoms with van der Waals surface area (Å²) in [6.07, 6.45) is 1.00. The van der Waals surface area contributed by atoms with E-state index in [1.54, 1.807) is 6.26 Å². The van der Waals surface area contributed by atoms with Gasteiger partial charge in [0, 0.05) is 10.9 Å². The van der Waals surface area contributed by atoms with Crippen LogP contribution in [-0.4, -0.2) is 5.11 Å². The molecule has 0 aliphatic rings. The van der Waals surface area contributed by atoms with Gasteiger partial charge in [-0.1, -0.05) is 30.3 Å². The zero-order valence-corrected chi connectivity index (χ0v) is 12.0. The van der Waals surface area contributed by atoms with Crippen LogP contribution in [0.5, 0.6) is 0 Å². The van der Waals surface area contributed by atoms with Crippen molar-refractivity contribution in [3.8, 4) is 0 Å². The number of furan rings is 1. The third-order valence-electron chi connectivity index (χ3n) is 3.98. The average molecular weight is 266 g/mol. The second-order valence-electron chi connectivity index (χ2n) is 5.38. The van der Waals surface area contributed by atoms with Crippen LogP contribution in [0.2, 0.25) is 0 Å². The summed E-state index contributed by atoms with van der Waals surface area (Å²) in [6, 6.07) is 12.0. The minimum Gasteiger partial charge on any atom is -0.464 e. The van der Waals surface area contributed by atoms with Gasteiger partial charge >= 0.3 is 0 Å². The van der Waals surface area contributed by atoms with E-state index < -0.39 is 6.10 Å². The van der Waals surface area contributed by atoms with Crippen LogP contribution in [0.15, 0.2) is 47.1 Å². The van der Waals surface area contributed by atoms with Crippen molar-refractivity contribution in [3.63, 3.8) is 0 Å². The van der Waals surface area contributed by atoms with E-state index in [1.807, 2.05) is 31.2 Å². The predicted molar refractivity (Wildman–Crippen MR) is 80.9 cm³/mol. The van der Waals surface area contributed by atoms with Gasteiger partial charge in [0.2, 0.25) is 0 Å². The molecule has 0 radical (unpaired) electrons. The molecule has 2 aromatic carbocycles. The molecule has 20 heavy (non-hydrogen) atoms. The molecule has 1 heterocycles. The molecule has 0 aliphatic carbocycles. The van der Waals surface area contributed by atoms with E-state index in [1.165, 1.54) is 11.1 Å². The Morgan fingerprint density at radius 3 is 2.40 bits per heavy atom. The van der Waals surface area contributed by atoms with Crippen molar-refractivity contribution in [3.05, 3.63) is 70.5 Å². The molecule has 0 bridgehead atoms. The zero-order chi connectivity index (χ0) is 14.3. The second-order valence-corrected chi connectivity index (χ2v) is 5.38. The fourth-order valence-corrected chi connectivity index (χ4v) is 2.66. The molecular formula is C18H18O2. The molecule has 0 spiro atoms. The van der Waals surface area contributed by atoms with E-state index >= 15 is 0 Å². The third-order valence-corrected chi connectivity index (χ3v) is 3.98. The highest BCUT2D eigenvalue weighted by atomic mass is 16.3. The summed E-state index contributed by atoms with van der Waals surface area (Å²) in [4.78, 5) is 0. The van der Waals surface area contributed by atoms with Gasteiger partial charge in [0.05, 0.1) is 6.26 Å². The summed E-state index contributed by atoms with van der Waals surface area (Å²) in [6.45, 7) is 6.19. The predicted octanol–water partition coefficient (Wildman–Crippen LogP) is 4.44. The van der Waals surface area contributed by atoms with Gasteiger partial charge in [-0.15, -0.1) is 0 Å². The van der Waals surface area contributed by atoms with E-state index in [-0.39, 0.29) is 0 Å². The van der Waals surface area contributed by atoms with Crippen molar-refractivity contribution < 1.29 is 9.52 Å². The summed E-state index contributed by atoms with van der Waals surface area (Å²) >= 11 is 0. The molecule has 1 unspecified atom stereocenters. The van der Waals surface area contributed by atoms with Crippen LogP contribution in [0.3, 0.4) is 0 Å². The Balaban J connectivity index is 2.13. The molecule has 0 aliphatic heterocycles. The zero-order valence-electron chi connectivity index (χ0n) is 12.0. The maximum Gasteiger partial charge on any atom is 0.134 e. The standard InChI is InChI=1S/C18H18O2/c1-11-8-13(3)15(9-12(11)2)18(19)16-10-20-17-7-5-4-6-14(16)17/h4-10,18-19H,1-3H3.